The molecule has 1 heterocycles. The highest BCUT2D eigenvalue weighted by Crippen LogP contribution is 2.33. The third-order valence-corrected chi connectivity index (χ3v) is 3.94. The maximum absolute atomic E-state index is 12.8. The van der Waals surface area contributed by atoms with Crippen LogP contribution < -0.4 is 20.1 Å². The van der Waals surface area contributed by atoms with Crippen molar-refractivity contribution in [1.29, 1.82) is 0 Å². The highest BCUT2D eigenvalue weighted by Gasteiger charge is 2.15. The summed E-state index contributed by atoms with van der Waals surface area (Å²) in [5.74, 6) is 0.917. The average Bonchev–Trinajstić information content (AvgIpc) is 3.10. The number of aryl methyl sites for hydroxylation is 2. The fourth-order valence-electron chi connectivity index (χ4n) is 2.72. The van der Waals surface area contributed by atoms with E-state index < -0.39 is 6.61 Å². The molecule has 2 rings (SSSR count). The Kier molecular flexibility index (Phi) is 12.1. The van der Waals surface area contributed by atoms with E-state index in [0.29, 0.717) is 31.2 Å². The lowest BCUT2D eigenvalue weighted by atomic mass is 10.2. The Hall–Kier alpha value is -2.11. The Bertz CT molecular complexity index is 786. The molecule has 0 fully saturated rings. The van der Waals surface area contributed by atoms with Gasteiger partial charge in [-0.1, -0.05) is 12.1 Å². The number of hydrogen-bond acceptors (Lipinski definition) is 4. The first-order valence-electron chi connectivity index (χ1n) is 9.74. The zero-order valence-electron chi connectivity index (χ0n) is 17.5. The zero-order chi connectivity index (χ0) is 21.1. The molecule has 0 aliphatic carbocycles. The molecule has 0 radical (unpaired) electrons. The van der Waals surface area contributed by atoms with Crippen molar-refractivity contribution >= 4 is 29.9 Å². The van der Waals surface area contributed by atoms with E-state index in [-0.39, 0.29) is 42.0 Å². The summed E-state index contributed by atoms with van der Waals surface area (Å²) in [6, 6.07) is 5.04. The van der Waals surface area contributed by atoms with E-state index in [1.165, 1.54) is 0 Å². The van der Waals surface area contributed by atoms with Gasteiger partial charge in [-0.05, 0) is 38.8 Å². The SMILES string of the molecule is CCNC(=NCc1cccc(OCC)c1OC(F)F)NCCCn1cc(C)cn1.I. The van der Waals surface area contributed by atoms with Crippen LogP contribution >= 0.6 is 24.0 Å². The number of nitrogens with one attached hydrogen (secondary N) is 2. The number of alkyl halides is 2. The largest absolute Gasteiger partial charge is 0.490 e. The van der Waals surface area contributed by atoms with Gasteiger partial charge in [-0.25, -0.2) is 4.99 Å². The number of aliphatic imine (C=N–C) groups is 1. The van der Waals surface area contributed by atoms with Crippen molar-refractivity contribution in [2.45, 2.75) is 46.9 Å². The molecule has 0 unspecified atom stereocenters. The van der Waals surface area contributed by atoms with Crippen LogP contribution in [0.3, 0.4) is 0 Å². The van der Waals surface area contributed by atoms with Crippen molar-refractivity contribution in [2.75, 3.05) is 19.7 Å². The molecule has 2 N–H and O–H groups in total. The van der Waals surface area contributed by atoms with Gasteiger partial charge in [0, 0.05) is 31.4 Å². The van der Waals surface area contributed by atoms with Gasteiger partial charge in [0.1, 0.15) is 0 Å². The topological polar surface area (TPSA) is 72.7 Å². The fraction of sp³-hybridized carbons (Fsp3) is 0.500. The van der Waals surface area contributed by atoms with E-state index in [4.69, 9.17) is 9.47 Å². The highest BCUT2D eigenvalue weighted by atomic mass is 127. The molecule has 1 aromatic carbocycles. The molecule has 7 nitrogen and oxygen atoms in total. The molecule has 0 bridgehead atoms. The van der Waals surface area contributed by atoms with E-state index in [9.17, 15) is 8.78 Å². The molecule has 168 valence electrons. The molecule has 1 aromatic heterocycles. The van der Waals surface area contributed by atoms with E-state index in [1.807, 2.05) is 30.9 Å². The summed E-state index contributed by atoms with van der Waals surface area (Å²) in [5, 5.41) is 10.7. The first kappa shape index (κ1) is 25.9. The summed E-state index contributed by atoms with van der Waals surface area (Å²) in [4.78, 5) is 4.49. The molecule has 30 heavy (non-hydrogen) atoms. The van der Waals surface area contributed by atoms with Crippen LogP contribution in [0.15, 0.2) is 35.6 Å². The summed E-state index contributed by atoms with van der Waals surface area (Å²) < 4.78 is 37.7. The monoisotopic (exact) mass is 537 g/mol. The predicted molar refractivity (Wildman–Crippen MR) is 124 cm³/mol. The third kappa shape index (κ3) is 8.72. The quantitative estimate of drug-likeness (QED) is 0.197. The van der Waals surface area contributed by atoms with Crippen molar-refractivity contribution in [3.63, 3.8) is 0 Å². The predicted octanol–water partition coefficient (Wildman–Crippen LogP) is 3.96. The Balaban J connectivity index is 0.00000450. The van der Waals surface area contributed by atoms with Crippen LogP contribution in [0.1, 0.15) is 31.4 Å². The molecule has 0 aliphatic rings. The summed E-state index contributed by atoms with van der Waals surface area (Å²) in [6.07, 6.45) is 4.69. The maximum atomic E-state index is 12.8. The standard InChI is InChI=1S/C20H29F2N5O2.HI/c1-4-23-20(24-10-7-11-27-14-15(3)12-26-27)25-13-16-8-6-9-17(28-5-2)18(16)29-19(21)22;/h6,8-9,12,14,19H,4-5,7,10-11,13H2,1-3H3,(H2,23,24,25);1H. The first-order chi connectivity index (χ1) is 14.0. The summed E-state index contributed by atoms with van der Waals surface area (Å²) >= 11 is 0. The number of halogens is 3. The molecule has 0 spiro atoms. The van der Waals surface area contributed by atoms with Crippen molar-refractivity contribution in [2.24, 2.45) is 4.99 Å². The normalized spacial score (nSPS) is 11.2. The Labute approximate surface area is 193 Å². The van der Waals surface area contributed by atoms with Crippen molar-refractivity contribution in [3.05, 3.63) is 41.7 Å². The molecular formula is C20H30F2IN5O2. The minimum Gasteiger partial charge on any atom is -0.490 e. The van der Waals surface area contributed by atoms with Crippen molar-refractivity contribution in [3.8, 4) is 11.5 Å². The van der Waals surface area contributed by atoms with Crippen molar-refractivity contribution < 1.29 is 18.3 Å². The average molecular weight is 537 g/mol. The first-order valence-corrected chi connectivity index (χ1v) is 9.74. The molecule has 0 atom stereocenters. The van der Waals surface area contributed by atoms with Gasteiger partial charge < -0.3 is 20.1 Å². The molecule has 2 aromatic rings. The number of guanidine groups is 1. The van der Waals surface area contributed by atoms with Crippen LogP contribution in [0.2, 0.25) is 0 Å². The summed E-state index contributed by atoms with van der Waals surface area (Å²) in [7, 11) is 0. The van der Waals surface area contributed by atoms with Crippen LogP contribution in [-0.4, -0.2) is 42.0 Å². The second kappa shape index (κ2) is 14.0. The molecule has 10 heteroatoms. The van der Waals surface area contributed by atoms with Crippen LogP contribution in [0, 0.1) is 6.92 Å². The molecular weight excluding hydrogens is 507 g/mol. The van der Waals surface area contributed by atoms with Gasteiger partial charge in [0.05, 0.1) is 19.3 Å². The smallest absolute Gasteiger partial charge is 0.387 e. The van der Waals surface area contributed by atoms with E-state index in [1.54, 1.807) is 25.1 Å². The van der Waals surface area contributed by atoms with Gasteiger partial charge in [-0.15, -0.1) is 24.0 Å². The number of hydrogen-bond donors (Lipinski definition) is 2. The van der Waals surface area contributed by atoms with E-state index >= 15 is 0 Å². The number of ether oxygens (including phenoxy) is 2. The minimum atomic E-state index is -2.93. The van der Waals surface area contributed by atoms with Crippen LogP contribution in [-0.2, 0) is 13.1 Å². The third-order valence-electron chi connectivity index (χ3n) is 3.94. The van der Waals surface area contributed by atoms with Crippen LogP contribution in [0.4, 0.5) is 8.78 Å². The number of benzene rings is 1. The van der Waals surface area contributed by atoms with Gasteiger partial charge in [0.2, 0.25) is 0 Å². The molecule has 0 saturated carbocycles. The Morgan fingerprint density at radius 1 is 1.27 bits per heavy atom. The number of aromatic nitrogens is 2. The Morgan fingerprint density at radius 2 is 2.07 bits per heavy atom. The highest BCUT2D eigenvalue weighted by molar-refractivity contribution is 14.0. The summed E-state index contributed by atoms with van der Waals surface area (Å²) in [5.41, 5.74) is 1.66. The van der Waals surface area contributed by atoms with Crippen molar-refractivity contribution in [1.82, 2.24) is 20.4 Å². The lowest BCUT2D eigenvalue weighted by Gasteiger charge is -2.15. The van der Waals surface area contributed by atoms with Gasteiger partial charge in [-0.2, -0.15) is 13.9 Å². The van der Waals surface area contributed by atoms with Gasteiger partial charge >= 0.3 is 6.61 Å². The second-order valence-corrected chi connectivity index (χ2v) is 6.31. The molecule has 0 amide bonds. The van der Waals surface area contributed by atoms with E-state index in [0.717, 1.165) is 18.5 Å². The fourth-order valence-corrected chi connectivity index (χ4v) is 2.72. The lowest BCUT2D eigenvalue weighted by Crippen LogP contribution is -2.38. The molecule has 0 saturated heterocycles. The van der Waals surface area contributed by atoms with E-state index in [2.05, 4.69) is 20.7 Å². The Morgan fingerprint density at radius 3 is 2.70 bits per heavy atom. The van der Waals surface area contributed by atoms with Crippen LogP contribution in [0.25, 0.3) is 0 Å². The molecule has 0 aliphatic heterocycles. The zero-order valence-corrected chi connectivity index (χ0v) is 19.9. The maximum Gasteiger partial charge on any atom is 0.387 e. The summed E-state index contributed by atoms with van der Waals surface area (Å²) in [6.45, 7) is 5.53. The second-order valence-electron chi connectivity index (χ2n) is 6.31. The minimum absolute atomic E-state index is 0. The van der Waals surface area contributed by atoms with Gasteiger partial charge in [0.15, 0.2) is 17.5 Å². The number of nitrogens with zero attached hydrogens (tertiary/aromatic N) is 3. The lowest BCUT2D eigenvalue weighted by molar-refractivity contribution is -0.0520. The number of para-hydroxylation sites is 1. The number of rotatable bonds is 11. The van der Waals surface area contributed by atoms with Gasteiger partial charge in [0.25, 0.3) is 0 Å². The van der Waals surface area contributed by atoms with Gasteiger partial charge in [-0.3, -0.25) is 4.68 Å². The van der Waals surface area contributed by atoms with Crippen LogP contribution in [0.5, 0.6) is 11.5 Å².